The third-order valence-electron chi connectivity index (χ3n) is 2.54. The molecule has 0 atom stereocenters. The van der Waals surface area contributed by atoms with E-state index < -0.39 is 0 Å². The first-order chi connectivity index (χ1) is 9.03. The number of carbonyl (C=O) groups is 1. The number of hydrogen-bond acceptors (Lipinski definition) is 4. The number of benzene rings is 1. The third-order valence-corrected chi connectivity index (χ3v) is 2.54. The number of ether oxygens (including phenoxy) is 3. The first-order valence-corrected chi connectivity index (χ1v) is 6.13. The van der Waals surface area contributed by atoms with Crippen LogP contribution >= 0.6 is 0 Å². The molecule has 0 radical (unpaired) electrons. The zero-order valence-corrected chi connectivity index (χ0v) is 12.0. The van der Waals surface area contributed by atoms with Gasteiger partial charge in [-0.1, -0.05) is 26.0 Å². The molecule has 1 aromatic carbocycles. The Labute approximate surface area is 114 Å². The summed E-state index contributed by atoms with van der Waals surface area (Å²) in [6, 6.07) is 3.44. The minimum atomic E-state index is -0.280. The standard InChI is InChI=1S/C15H20O4/c1-6-7-11-8-13(17-4)14(18-5)9-12(11)19-15(16)10(2)3/h6-10H,1-5H3/b7-6+. The van der Waals surface area contributed by atoms with Crippen LogP contribution in [0.4, 0.5) is 0 Å². The maximum atomic E-state index is 11.7. The number of hydrogen-bond donors (Lipinski definition) is 0. The smallest absolute Gasteiger partial charge is 0.313 e. The van der Waals surface area contributed by atoms with Gasteiger partial charge in [0, 0.05) is 11.6 Å². The molecule has 4 heteroatoms. The van der Waals surface area contributed by atoms with Gasteiger partial charge in [-0.05, 0) is 13.0 Å². The predicted octanol–water partition coefficient (Wildman–Crippen LogP) is 3.30. The summed E-state index contributed by atoms with van der Waals surface area (Å²) in [5, 5.41) is 0. The Morgan fingerprint density at radius 1 is 1.11 bits per heavy atom. The number of allylic oxidation sites excluding steroid dienone is 1. The summed E-state index contributed by atoms with van der Waals surface area (Å²) in [5.41, 5.74) is 0.772. The van der Waals surface area contributed by atoms with Crippen molar-refractivity contribution in [2.24, 2.45) is 5.92 Å². The molecule has 0 aliphatic heterocycles. The van der Waals surface area contributed by atoms with Crippen molar-refractivity contribution in [1.82, 2.24) is 0 Å². The van der Waals surface area contributed by atoms with Crippen molar-refractivity contribution in [3.05, 3.63) is 23.8 Å². The van der Waals surface area contributed by atoms with E-state index in [0.717, 1.165) is 5.56 Å². The van der Waals surface area contributed by atoms with Crippen LogP contribution in [0.1, 0.15) is 26.3 Å². The molecule has 0 aliphatic rings. The lowest BCUT2D eigenvalue weighted by molar-refractivity contribution is -0.137. The van der Waals surface area contributed by atoms with E-state index in [4.69, 9.17) is 14.2 Å². The van der Waals surface area contributed by atoms with Crippen LogP contribution in [0.3, 0.4) is 0 Å². The molecular weight excluding hydrogens is 244 g/mol. The molecular formula is C15H20O4. The van der Waals surface area contributed by atoms with E-state index >= 15 is 0 Å². The molecule has 0 saturated heterocycles. The highest BCUT2D eigenvalue weighted by Crippen LogP contribution is 2.35. The normalized spacial score (nSPS) is 10.8. The second-order valence-corrected chi connectivity index (χ2v) is 4.32. The van der Waals surface area contributed by atoms with E-state index in [0.29, 0.717) is 17.2 Å². The fraction of sp³-hybridized carbons (Fsp3) is 0.400. The number of esters is 1. The molecule has 19 heavy (non-hydrogen) atoms. The summed E-state index contributed by atoms with van der Waals surface area (Å²) in [7, 11) is 3.11. The van der Waals surface area contributed by atoms with Crippen molar-refractivity contribution >= 4 is 12.0 Å². The average molecular weight is 264 g/mol. The van der Waals surface area contributed by atoms with Crippen LogP contribution in [0.15, 0.2) is 18.2 Å². The summed E-state index contributed by atoms with van der Waals surface area (Å²) in [6.07, 6.45) is 3.72. The van der Waals surface area contributed by atoms with Gasteiger partial charge in [0.05, 0.1) is 20.1 Å². The fourth-order valence-electron chi connectivity index (χ4n) is 1.50. The van der Waals surface area contributed by atoms with Gasteiger partial charge in [0.2, 0.25) is 0 Å². The molecule has 104 valence electrons. The van der Waals surface area contributed by atoms with Crippen molar-refractivity contribution in [3.8, 4) is 17.2 Å². The highest BCUT2D eigenvalue weighted by atomic mass is 16.5. The van der Waals surface area contributed by atoms with Gasteiger partial charge in [0.15, 0.2) is 11.5 Å². The van der Waals surface area contributed by atoms with Gasteiger partial charge < -0.3 is 14.2 Å². The topological polar surface area (TPSA) is 44.8 Å². The summed E-state index contributed by atoms with van der Waals surface area (Å²) in [4.78, 5) is 11.7. The second-order valence-electron chi connectivity index (χ2n) is 4.32. The molecule has 0 fully saturated rings. The molecule has 0 spiro atoms. The molecule has 0 bridgehead atoms. The molecule has 1 rings (SSSR count). The van der Waals surface area contributed by atoms with Crippen molar-refractivity contribution < 1.29 is 19.0 Å². The van der Waals surface area contributed by atoms with Gasteiger partial charge in [-0.2, -0.15) is 0 Å². The Balaban J connectivity index is 3.23. The molecule has 0 aromatic heterocycles. The monoisotopic (exact) mass is 264 g/mol. The minimum absolute atomic E-state index is 0.188. The Hall–Kier alpha value is -1.97. The number of methoxy groups -OCH3 is 2. The van der Waals surface area contributed by atoms with Crippen LogP contribution in [0.5, 0.6) is 17.2 Å². The van der Waals surface area contributed by atoms with E-state index in [9.17, 15) is 4.79 Å². The van der Waals surface area contributed by atoms with Crippen molar-refractivity contribution in [2.45, 2.75) is 20.8 Å². The molecule has 0 unspecified atom stereocenters. The van der Waals surface area contributed by atoms with E-state index in [1.54, 1.807) is 40.2 Å². The third kappa shape index (κ3) is 3.74. The lowest BCUT2D eigenvalue weighted by Crippen LogP contribution is -2.15. The second kappa shape index (κ2) is 6.83. The Kier molecular flexibility index (Phi) is 5.42. The lowest BCUT2D eigenvalue weighted by Gasteiger charge is -2.14. The van der Waals surface area contributed by atoms with Gasteiger partial charge >= 0.3 is 5.97 Å². The quantitative estimate of drug-likeness (QED) is 0.604. The highest BCUT2D eigenvalue weighted by Gasteiger charge is 2.15. The number of carbonyl (C=O) groups excluding carboxylic acids is 1. The molecule has 0 aliphatic carbocycles. The Bertz CT molecular complexity index is 475. The van der Waals surface area contributed by atoms with Crippen LogP contribution in [0, 0.1) is 5.92 Å². The predicted molar refractivity (Wildman–Crippen MR) is 74.7 cm³/mol. The minimum Gasteiger partial charge on any atom is -0.493 e. The summed E-state index contributed by atoms with van der Waals surface area (Å²) < 4.78 is 15.8. The van der Waals surface area contributed by atoms with E-state index in [1.165, 1.54) is 0 Å². The molecule has 0 N–H and O–H groups in total. The largest absolute Gasteiger partial charge is 0.493 e. The fourth-order valence-corrected chi connectivity index (χ4v) is 1.50. The van der Waals surface area contributed by atoms with E-state index in [-0.39, 0.29) is 11.9 Å². The van der Waals surface area contributed by atoms with Gasteiger partial charge in [-0.25, -0.2) is 0 Å². The Morgan fingerprint density at radius 3 is 2.16 bits per heavy atom. The first kappa shape index (κ1) is 15.1. The van der Waals surface area contributed by atoms with E-state index in [1.807, 2.05) is 19.1 Å². The van der Waals surface area contributed by atoms with E-state index in [2.05, 4.69) is 0 Å². The van der Waals surface area contributed by atoms with Crippen molar-refractivity contribution in [2.75, 3.05) is 14.2 Å². The zero-order valence-electron chi connectivity index (χ0n) is 12.0. The van der Waals surface area contributed by atoms with Gasteiger partial charge in [0.25, 0.3) is 0 Å². The van der Waals surface area contributed by atoms with Crippen LogP contribution < -0.4 is 14.2 Å². The van der Waals surface area contributed by atoms with Crippen LogP contribution in [0.25, 0.3) is 6.08 Å². The molecule has 1 aromatic rings. The van der Waals surface area contributed by atoms with Crippen LogP contribution in [0.2, 0.25) is 0 Å². The summed E-state index contributed by atoms with van der Waals surface area (Å²) >= 11 is 0. The first-order valence-electron chi connectivity index (χ1n) is 6.13. The molecule has 0 heterocycles. The summed E-state index contributed by atoms with van der Waals surface area (Å²) in [5.74, 6) is 1.13. The van der Waals surface area contributed by atoms with Crippen LogP contribution in [-0.4, -0.2) is 20.2 Å². The Morgan fingerprint density at radius 2 is 1.68 bits per heavy atom. The average Bonchev–Trinajstić information content (AvgIpc) is 2.39. The highest BCUT2D eigenvalue weighted by molar-refractivity contribution is 5.76. The van der Waals surface area contributed by atoms with Crippen molar-refractivity contribution in [1.29, 1.82) is 0 Å². The van der Waals surface area contributed by atoms with Gasteiger partial charge in [-0.15, -0.1) is 0 Å². The SMILES string of the molecule is C/C=C/c1cc(OC)c(OC)cc1OC(=O)C(C)C. The van der Waals surface area contributed by atoms with Crippen molar-refractivity contribution in [3.63, 3.8) is 0 Å². The molecule has 0 saturated carbocycles. The van der Waals surface area contributed by atoms with Gasteiger partial charge in [-0.3, -0.25) is 4.79 Å². The van der Waals surface area contributed by atoms with Gasteiger partial charge in [0.1, 0.15) is 5.75 Å². The summed E-state index contributed by atoms with van der Waals surface area (Å²) in [6.45, 7) is 5.47. The maximum absolute atomic E-state index is 11.7. The molecule has 4 nitrogen and oxygen atoms in total. The zero-order chi connectivity index (χ0) is 14.4. The molecule has 0 amide bonds. The number of rotatable bonds is 5. The van der Waals surface area contributed by atoms with Crippen LogP contribution in [-0.2, 0) is 4.79 Å². The lowest BCUT2D eigenvalue weighted by atomic mass is 10.1. The maximum Gasteiger partial charge on any atom is 0.313 e.